The van der Waals surface area contributed by atoms with E-state index in [1.165, 1.54) is 17.3 Å². The molecule has 1 aliphatic heterocycles. The number of piperidine rings is 1. The molecule has 1 aliphatic rings. The van der Waals surface area contributed by atoms with Gasteiger partial charge in [0.2, 0.25) is 0 Å². The monoisotopic (exact) mass is 254 g/mol. The molecule has 2 rings (SSSR count). The van der Waals surface area contributed by atoms with Crippen LogP contribution in [0.1, 0.15) is 18.2 Å². The van der Waals surface area contributed by atoms with E-state index in [0.29, 0.717) is 5.25 Å². The van der Waals surface area contributed by atoms with Gasteiger partial charge in [0.05, 0.1) is 5.51 Å². The largest absolute Gasteiger partial charge is 0.313 e. The van der Waals surface area contributed by atoms with Crippen LogP contribution in [0.25, 0.3) is 6.08 Å². The molecule has 86 valence electrons. The zero-order chi connectivity index (χ0) is 11.4. The number of thioether (sulfide) groups is 1. The summed E-state index contributed by atoms with van der Waals surface area (Å²) < 4.78 is 0. The van der Waals surface area contributed by atoms with Gasteiger partial charge in [0, 0.05) is 29.8 Å². The van der Waals surface area contributed by atoms with Crippen LogP contribution in [-0.4, -0.2) is 28.4 Å². The van der Waals surface area contributed by atoms with E-state index in [4.69, 9.17) is 0 Å². The van der Waals surface area contributed by atoms with Crippen molar-refractivity contribution in [2.24, 2.45) is 0 Å². The summed E-state index contributed by atoms with van der Waals surface area (Å²) in [5.74, 6) is 0. The molecule has 1 N–H and O–H groups in total. The minimum Gasteiger partial charge on any atom is -0.313 e. The summed E-state index contributed by atoms with van der Waals surface area (Å²) in [7, 11) is 0. The van der Waals surface area contributed by atoms with Gasteiger partial charge in [-0.05, 0) is 24.6 Å². The van der Waals surface area contributed by atoms with E-state index < -0.39 is 0 Å². The van der Waals surface area contributed by atoms with E-state index in [1.54, 1.807) is 18.3 Å². The van der Waals surface area contributed by atoms with Crippen molar-refractivity contribution in [3.05, 3.63) is 22.2 Å². The highest BCUT2D eigenvalue weighted by Gasteiger charge is 2.20. The molecule has 0 aromatic carbocycles. The molecule has 1 saturated heterocycles. The minimum atomic E-state index is 0.196. The second kappa shape index (κ2) is 5.61. The van der Waals surface area contributed by atoms with Crippen LogP contribution in [0.4, 0.5) is 0 Å². The molecule has 1 aromatic heterocycles. The van der Waals surface area contributed by atoms with Crippen molar-refractivity contribution in [3.63, 3.8) is 0 Å². The molecule has 0 aliphatic carbocycles. The molecule has 0 spiro atoms. The van der Waals surface area contributed by atoms with E-state index in [2.05, 4.69) is 16.4 Å². The first kappa shape index (κ1) is 11.8. The third-order valence-corrected chi connectivity index (χ3v) is 4.29. The number of aromatic nitrogens is 1. The van der Waals surface area contributed by atoms with Crippen LogP contribution in [0.2, 0.25) is 0 Å². The molecule has 1 unspecified atom stereocenters. The zero-order valence-corrected chi connectivity index (χ0v) is 10.7. The smallest absolute Gasteiger partial charge is 0.186 e. The summed E-state index contributed by atoms with van der Waals surface area (Å²) in [4.78, 5) is 16.4. The lowest BCUT2D eigenvalue weighted by atomic mass is 10.1. The average Bonchev–Trinajstić information content (AvgIpc) is 2.73. The minimum absolute atomic E-state index is 0.196. The Morgan fingerprint density at radius 1 is 1.75 bits per heavy atom. The molecule has 5 heteroatoms. The van der Waals surface area contributed by atoms with Gasteiger partial charge >= 0.3 is 0 Å². The summed E-state index contributed by atoms with van der Waals surface area (Å²) in [5.41, 5.74) is 3.13. The average molecular weight is 254 g/mol. The maximum Gasteiger partial charge on any atom is 0.186 e. The van der Waals surface area contributed by atoms with Crippen molar-refractivity contribution in [1.29, 1.82) is 0 Å². The third kappa shape index (κ3) is 3.17. The molecule has 0 saturated carbocycles. The van der Waals surface area contributed by atoms with Crippen molar-refractivity contribution >= 4 is 34.3 Å². The summed E-state index contributed by atoms with van der Waals surface area (Å²) in [6.45, 7) is 3.50. The Bertz CT molecular complexity index is 387. The zero-order valence-electron chi connectivity index (χ0n) is 9.10. The van der Waals surface area contributed by atoms with Crippen LogP contribution < -0.4 is 5.32 Å². The molecular weight excluding hydrogens is 240 g/mol. The fraction of sp³-hybridized carbons (Fsp3) is 0.455. The van der Waals surface area contributed by atoms with Crippen LogP contribution in [0.3, 0.4) is 0 Å². The third-order valence-electron chi connectivity index (χ3n) is 2.41. The van der Waals surface area contributed by atoms with E-state index >= 15 is 0 Å². The number of thiazole rings is 1. The fourth-order valence-electron chi connectivity index (χ4n) is 1.72. The lowest BCUT2D eigenvalue weighted by Gasteiger charge is -2.24. The first-order valence-corrected chi connectivity index (χ1v) is 6.98. The molecular formula is C11H14N2OS2. The number of hydrogen-bond acceptors (Lipinski definition) is 5. The SMILES string of the molecule is CC(=O)SC1CCNC/C1=C/c1cncs1. The maximum atomic E-state index is 11.2. The van der Waals surface area contributed by atoms with Gasteiger partial charge < -0.3 is 5.32 Å². The van der Waals surface area contributed by atoms with Crippen LogP contribution in [0.15, 0.2) is 17.3 Å². The molecule has 1 atom stereocenters. The van der Waals surface area contributed by atoms with Gasteiger partial charge in [-0.15, -0.1) is 11.3 Å². The number of nitrogens with one attached hydrogen (secondary N) is 1. The van der Waals surface area contributed by atoms with Crippen molar-refractivity contribution in [2.45, 2.75) is 18.6 Å². The maximum absolute atomic E-state index is 11.2. The van der Waals surface area contributed by atoms with E-state index in [0.717, 1.165) is 24.4 Å². The second-order valence-electron chi connectivity index (χ2n) is 3.69. The molecule has 2 heterocycles. The van der Waals surface area contributed by atoms with Crippen molar-refractivity contribution in [2.75, 3.05) is 13.1 Å². The van der Waals surface area contributed by atoms with Gasteiger partial charge in [-0.3, -0.25) is 9.78 Å². The van der Waals surface area contributed by atoms with Gasteiger partial charge in [-0.2, -0.15) is 0 Å². The number of carbonyl (C=O) groups excluding carboxylic acids is 1. The molecule has 0 bridgehead atoms. The van der Waals surface area contributed by atoms with Crippen molar-refractivity contribution in [3.8, 4) is 0 Å². The van der Waals surface area contributed by atoms with Crippen LogP contribution in [0, 0.1) is 0 Å². The van der Waals surface area contributed by atoms with Gasteiger partial charge in [-0.1, -0.05) is 11.8 Å². The molecule has 1 fully saturated rings. The molecule has 1 aromatic rings. The van der Waals surface area contributed by atoms with E-state index in [1.807, 2.05) is 11.7 Å². The van der Waals surface area contributed by atoms with Crippen molar-refractivity contribution < 1.29 is 4.79 Å². The molecule has 0 amide bonds. The number of rotatable bonds is 2. The van der Waals surface area contributed by atoms with Gasteiger partial charge in [0.1, 0.15) is 0 Å². The number of hydrogen-bond donors (Lipinski definition) is 1. The van der Waals surface area contributed by atoms with E-state index in [9.17, 15) is 4.79 Å². The van der Waals surface area contributed by atoms with E-state index in [-0.39, 0.29) is 5.12 Å². The highest BCUT2D eigenvalue weighted by atomic mass is 32.2. The van der Waals surface area contributed by atoms with Crippen LogP contribution in [0.5, 0.6) is 0 Å². The Hall–Kier alpha value is -0.650. The predicted octanol–water partition coefficient (Wildman–Crippen LogP) is 2.17. The number of nitrogens with zero attached hydrogens (tertiary/aromatic N) is 1. The first-order chi connectivity index (χ1) is 7.75. The summed E-state index contributed by atoms with van der Waals surface area (Å²) >= 11 is 3.07. The summed E-state index contributed by atoms with van der Waals surface area (Å²) in [6, 6.07) is 0. The van der Waals surface area contributed by atoms with Gasteiger partial charge in [-0.25, -0.2) is 0 Å². The second-order valence-corrected chi connectivity index (χ2v) is 5.98. The summed E-state index contributed by atoms with van der Waals surface area (Å²) in [6.07, 6.45) is 5.04. The topological polar surface area (TPSA) is 42.0 Å². The summed E-state index contributed by atoms with van der Waals surface area (Å²) in [5, 5.41) is 3.87. The predicted molar refractivity (Wildman–Crippen MR) is 69.6 cm³/mol. The Morgan fingerprint density at radius 3 is 3.31 bits per heavy atom. The van der Waals surface area contributed by atoms with Gasteiger partial charge in [0.15, 0.2) is 5.12 Å². The highest BCUT2D eigenvalue weighted by Crippen LogP contribution is 2.27. The Balaban J connectivity index is 2.12. The van der Waals surface area contributed by atoms with Crippen molar-refractivity contribution in [1.82, 2.24) is 10.3 Å². The highest BCUT2D eigenvalue weighted by molar-refractivity contribution is 8.14. The molecule has 0 radical (unpaired) electrons. The standard InChI is InChI=1S/C11H14N2OS2/c1-8(14)16-11-2-3-12-5-9(11)4-10-6-13-7-15-10/h4,6-7,11-12H,2-3,5H2,1H3/b9-4-. The molecule has 3 nitrogen and oxygen atoms in total. The van der Waals surface area contributed by atoms with Crippen LogP contribution >= 0.6 is 23.1 Å². The van der Waals surface area contributed by atoms with Crippen LogP contribution in [-0.2, 0) is 4.79 Å². The lowest BCUT2D eigenvalue weighted by molar-refractivity contribution is -0.109. The lowest BCUT2D eigenvalue weighted by Crippen LogP contribution is -2.32. The number of carbonyl (C=O) groups is 1. The normalized spacial score (nSPS) is 23.6. The first-order valence-electron chi connectivity index (χ1n) is 5.22. The Labute approximate surface area is 103 Å². The Morgan fingerprint density at radius 2 is 2.62 bits per heavy atom. The quantitative estimate of drug-likeness (QED) is 0.878. The van der Waals surface area contributed by atoms with Gasteiger partial charge in [0.25, 0.3) is 0 Å². The Kier molecular flexibility index (Phi) is 4.15. The molecule has 16 heavy (non-hydrogen) atoms. The fourth-order valence-corrected chi connectivity index (χ4v) is 3.25.